The molecule has 2 nitrogen and oxygen atoms in total. The molecule has 0 fully saturated rings. The summed E-state index contributed by atoms with van der Waals surface area (Å²) in [6.45, 7) is 0. The average Bonchev–Trinajstić information content (AvgIpc) is 1.50. The summed E-state index contributed by atoms with van der Waals surface area (Å²) in [6, 6.07) is 0. The Kier molecular flexibility index (Phi) is 92.0. The van der Waals surface area contributed by atoms with E-state index in [0.717, 1.165) is 0 Å². The van der Waals surface area contributed by atoms with Gasteiger partial charge in [0.25, 0.3) is 0 Å². The van der Waals surface area contributed by atoms with Crippen LogP contribution in [0.1, 0.15) is 0 Å². The molecule has 4 N–H and O–H groups in total. The van der Waals surface area contributed by atoms with Gasteiger partial charge in [-0.15, -0.1) is 0 Å². The number of halogens is 2. The first-order valence-corrected chi connectivity index (χ1v) is 2.27. The highest BCUT2D eigenvalue weighted by Crippen LogP contribution is 1.28. The maximum Gasteiger partial charge on any atom is 0.00554 e. The second-order valence-electron chi connectivity index (χ2n) is 0. The first kappa shape index (κ1) is 8.86. The lowest BCUT2D eigenvalue weighted by atomic mass is 14.0. The Morgan fingerprint density at radius 1 is 0.750 bits per heavy atom. The van der Waals surface area contributed by atoms with E-state index in [1.165, 1.54) is 0 Å². The number of nitrogens with two attached hydrogens (primary N) is 2. The van der Waals surface area contributed by atoms with Crippen LogP contribution in [0.2, 0.25) is 0 Å². The Balaban J connectivity index is 0. The topological polar surface area (TPSA) is 52.0 Å². The molecule has 0 bridgehead atoms. The lowest BCUT2D eigenvalue weighted by molar-refractivity contribution is 2.11. The van der Waals surface area contributed by atoms with Crippen molar-refractivity contribution in [2.45, 2.75) is 0 Å². The smallest absolute Gasteiger partial charge is 0.00554 e. The molecule has 0 unspecified atom stereocenters. The normalized spacial score (nSPS) is 3.00. The fourth-order valence-electron chi connectivity index (χ4n) is 0. The Morgan fingerprint density at radius 2 is 0.750 bits per heavy atom. The predicted octanol–water partition coefficient (Wildman–Crippen LogP) is 0.510. The number of hydrogen-bond acceptors (Lipinski definition) is 2. The van der Waals surface area contributed by atoms with Crippen LogP contribution in [0, 0.1) is 0 Å². The summed E-state index contributed by atoms with van der Waals surface area (Å²) in [5, 5.41) is 0. The van der Waals surface area contributed by atoms with Crippen LogP contribution in [0.25, 0.3) is 0 Å². The van der Waals surface area contributed by atoms with Gasteiger partial charge in [0.05, 0.1) is 0 Å². The van der Waals surface area contributed by atoms with Crippen LogP contribution in [0.4, 0.5) is 0 Å². The van der Waals surface area contributed by atoms with Crippen molar-refractivity contribution in [2.24, 2.45) is 9.52 Å². The number of hydrogen-bond donors (Lipinski definition) is 2. The zero-order valence-corrected chi connectivity index (χ0v) is 5.08. The molecule has 0 aromatic rings. The van der Waals surface area contributed by atoms with Crippen LogP contribution in [-0.2, 0) is 0 Å². The lowest BCUT2D eigenvalue weighted by Crippen LogP contribution is -1.45. The summed E-state index contributed by atoms with van der Waals surface area (Å²) in [5.74, 6) is 0. The Labute approximate surface area is 42.2 Å². The second-order valence-corrected chi connectivity index (χ2v) is 0. The molecule has 4 heteroatoms. The molecule has 28 valence electrons. The third-order valence-corrected chi connectivity index (χ3v) is 0. The summed E-state index contributed by atoms with van der Waals surface area (Å²) >= 11 is 4.88. The quantitative estimate of drug-likeness (QED) is 0.549. The second kappa shape index (κ2) is 41.6. The maximum atomic E-state index is 4.31. The molecule has 0 radical (unpaired) electrons. The predicted molar refractivity (Wildman–Crippen MR) is 26.2 cm³/mol. The van der Waals surface area contributed by atoms with Crippen LogP contribution >= 0.6 is 32.3 Å². The first-order valence-electron chi connectivity index (χ1n) is 0.436. The summed E-state index contributed by atoms with van der Waals surface area (Å²) in [4.78, 5) is 0. The molecule has 0 aromatic heterocycles. The largest absolute Gasteiger partial charge is 0.270 e. The SMILES string of the molecule is NBr.NBr. The molecule has 0 heterocycles. The van der Waals surface area contributed by atoms with Crippen molar-refractivity contribution in [3.8, 4) is 0 Å². The third kappa shape index (κ3) is 13.1. The van der Waals surface area contributed by atoms with Gasteiger partial charge in [-0.3, -0.25) is 9.52 Å². The van der Waals surface area contributed by atoms with E-state index in [0.29, 0.717) is 0 Å². The zero-order chi connectivity index (χ0) is 4.00. The monoisotopic (exact) mass is 190 g/mol. The van der Waals surface area contributed by atoms with E-state index in [1.807, 2.05) is 0 Å². The van der Waals surface area contributed by atoms with Gasteiger partial charge >= 0.3 is 0 Å². The van der Waals surface area contributed by atoms with Crippen LogP contribution in [-0.4, -0.2) is 0 Å². The van der Waals surface area contributed by atoms with E-state index in [1.54, 1.807) is 0 Å². The van der Waals surface area contributed by atoms with Crippen LogP contribution < -0.4 is 9.52 Å². The fourth-order valence-corrected chi connectivity index (χ4v) is 0. The van der Waals surface area contributed by atoms with Crippen molar-refractivity contribution in [3.63, 3.8) is 0 Å². The van der Waals surface area contributed by atoms with Gasteiger partial charge in [0, 0.05) is 32.3 Å². The third-order valence-electron chi connectivity index (χ3n) is 0. The summed E-state index contributed by atoms with van der Waals surface area (Å²) in [7, 11) is 0. The Bertz CT molecular complexity index is 4.00. The van der Waals surface area contributed by atoms with Crippen LogP contribution in [0.3, 0.4) is 0 Å². The van der Waals surface area contributed by atoms with Gasteiger partial charge in [-0.25, -0.2) is 0 Å². The van der Waals surface area contributed by atoms with E-state index < -0.39 is 0 Å². The highest BCUT2D eigenvalue weighted by Gasteiger charge is 0.879. The van der Waals surface area contributed by atoms with Crippen LogP contribution in [0.5, 0.6) is 0 Å². The summed E-state index contributed by atoms with van der Waals surface area (Å²) in [5.41, 5.74) is 0. The standard InChI is InChI=1S/2BrH2N/c2*1-2/h2*2H2. The molecule has 0 amide bonds. The Hall–Kier alpha value is 0.880. The highest BCUT2D eigenvalue weighted by atomic mass is 79.9. The van der Waals surface area contributed by atoms with Crippen molar-refractivity contribution >= 4 is 32.3 Å². The lowest BCUT2D eigenvalue weighted by Gasteiger charge is -1.14. The Morgan fingerprint density at radius 3 is 0.750 bits per heavy atom. The minimum Gasteiger partial charge on any atom is -0.270 e. The van der Waals surface area contributed by atoms with E-state index in [4.69, 9.17) is 0 Å². The van der Waals surface area contributed by atoms with Gasteiger partial charge in [0.2, 0.25) is 0 Å². The molecular formula is H4Br2N2. The molecule has 0 aromatic carbocycles. The molecule has 0 saturated carbocycles. The maximum absolute atomic E-state index is 4.31. The summed E-state index contributed by atoms with van der Waals surface area (Å²) < 4.78 is 8.62. The molecule has 0 aliphatic heterocycles. The van der Waals surface area contributed by atoms with E-state index >= 15 is 0 Å². The molecule has 0 saturated heterocycles. The fraction of sp³-hybridized carbons (Fsp3) is 0. The zero-order valence-electron chi connectivity index (χ0n) is 1.91. The minimum absolute atomic E-state index is 2.44. The van der Waals surface area contributed by atoms with Gasteiger partial charge in [0.1, 0.15) is 0 Å². The van der Waals surface area contributed by atoms with Crippen molar-refractivity contribution in [1.82, 2.24) is 0 Å². The molecular weight excluding hydrogens is 188 g/mol. The van der Waals surface area contributed by atoms with Crippen molar-refractivity contribution < 1.29 is 0 Å². The van der Waals surface area contributed by atoms with Crippen molar-refractivity contribution in [1.29, 1.82) is 0 Å². The van der Waals surface area contributed by atoms with E-state index in [-0.39, 0.29) is 0 Å². The average molecular weight is 192 g/mol. The van der Waals surface area contributed by atoms with Gasteiger partial charge in [-0.05, 0) is 0 Å². The molecule has 0 rings (SSSR count). The highest BCUT2D eigenvalue weighted by molar-refractivity contribution is 9.08. The minimum atomic E-state index is 2.44. The first-order chi connectivity index (χ1) is 2.00. The molecule has 0 aliphatic carbocycles. The van der Waals surface area contributed by atoms with Crippen LogP contribution in [0.15, 0.2) is 0 Å². The molecule has 0 aliphatic rings. The number of rotatable bonds is 0. The van der Waals surface area contributed by atoms with Gasteiger partial charge in [-0.1, -0.05) is 0 Å². The van der Waals surface area contributed by atoms with Gasteiger partial charge in [0.15, 0.2) is 0 Å². The van der Waals surface area contributed by atoms with E-state index in [2.05, 4.69) is 41.8 Å². The van der Waals surface area contributed by atoms with Gasteiger partial charge < -0.3 is 0 Å². The molecule has 4 heavy (non-hydrogen) atoms. The summed E-state index contributed by atoms with van der Waals surface area (Å²) in [6.07, 6.45) is 0. The molecule has 0 atom stereocenters. The van der Waals surface area contributed by atoms with Crippen molar-refractivity contribution in [2.75, 3.05) is 0 Å². The van der Waals surface area contributed by atoms with Crippen molar-refractivity contribution in [3.05, 3.63) is 0 Å². The van der Waals surface area contributed by atoms with E-state index in [9.17, 15) is 0 Å². The molecule has 0 spiro atoms. The van der Waals surface area contributed by atoms with Gasteiger partial charge in [-0.2, -0.15) is 0 Å².